The van der Waals surface area contributed by atoms with E-state index in [0.29, 0.717) is 16.5 Å². The van der Waals surface area contributed by atoms with Crippen LogP contribution in [0.25, 0.3) is 10.2 Å². The number of carbonyl (C=O) groups excluding carboxylic acids is 1. The summed E-state index contributed by atoms with van der Waals surface area (Å²) in [4.78, 5) is 20.6. The summed E-state index contributed by atoms with van der Waals surface area (Å²) in [6.07, 6.45) is 3.50. The number of hydrogen-bond donors (Lipinski definition) is 1. The molecule has 2 aromatic rings. The van der Waals surface area contributed by atoms with Crippen molar-refractivity contribution in [3.05, 3.63) is 22.7 Å². The van der Waals surface area contributed by atoms with Crippen LogP contribution < -0.4 is 5.73 Å². The predicted molar refractivity (Wildman–Crippen MR) is 87.7 cm³/mol. The third-order valence-electron chi connectivity index (χ3n) is 4.20. The lowest BCUT2D eigenvalue weighted by Crippen LogP contribution is -2.28. The molecule has 1 atom stereocenters. The van der Waals surface area contributed by atoms with E-state index in [9.17, 15) is 4.79 Å². The van der Waals surface area contributed by atoms with Crippen molar-refractivity contribution in [1.82, 2.24) is 9.88 Å². The number of rotatable bonds is 3. The summed E-state index contributed by atoms with van der Waals surface area (Å²) < 4.78 is 0. The Labute approximate surface area is 129 Å². The molecule has 0 spiro atoms. The van der Waals surface area contributed by atoms with Gasteiger partial charge >= 0.3 is 0 Å². The first-order chi connectivity index (χ1) is 10.1. The van der Waals surface area contributed by atoms with E-state index in [1.165, 1.54) is 24.2 Å². The monoisotopic (exact) mass is 303 g/mol. The molecule has 1 amide bonds. The molecule has 1 saturated heterocycles. The molecule has 3 heterocycles. The average molecular weight is 303 g/mol. The van der Waals surface area contributed by atoms with Gasteiger partial charge in [0.05, 0.1) is 5.69 Å². The van der Waals surface area contributed by atoms with Gasteiger partial charge in [-0.1, -0.05) is 13.3 Å². The van der Waals surface area contributed by atoms with Crippen molar-refractivity contribution in [3.8, 4) is 0 Å². The van der Waals surface area contributed by atoms with Gasteiger partial charge in [0.2, 0.25) is 0 Å². The SMILES string of the molecule is CCCC1CCN(C(=O)c2sc3nc(C)ccc3c2N)C1. The molecule has 3 rings (SSSR count). The fraction of sp³-hybridized carbons (Fsp3) is 0.500. The van der Waals surface area contributed by atoms with Gasteiger partial charge in [-0.25, -0.2) is 4.98 Å². The third-order valence-corrected chi connectivity index (χ3v) is 5.30. The number of amides is 1. The maximum absolute atomic E-state index is 12.7. The number of thiophene rings is 1. The normalized spacial score (nSPS) is 18.6. The quantitative estimate of drug-likeness (QED) is 0.944. The Morgan fingerprint density at radius 2 is 2.33 bits per heavy atom. The first-order valence-corrected chi connectivity index (χ1v) is 8.36. The van der Waals surface area contributed by atoms with Gasteiger partial charge in [-0.15, -0.1) is 11.3 Å². The average Bonchev–Trinajstić information content (AvgIpc) is 3.04. The smallest absolute Gasteiger partial charge is 0.266 e. The highest BCUT2D eigenvalue weighted by molar-refractivity contribution is 7.21. The van der Waals surface area contributed by atoms with Gasteiger partial charge in [0.25, 0.3) is 5.91 Å². The number of nitrogens with two attached hydrogens (primary N) is 1. The van der Waals surface area contributed by atoms with Gasteiger partial charge in [-0.3, -0.25) is 4.79 Å². The Kier molecular flexibility index (Phi) is 3.85. The fourth-order valence-electron chi connectivity index (χ4n) is 3.05. The van der Waals surface area contributed by atoms with Crippen LogP contribution in [0.2, 0.25) is 0 Å². The van der Waals surface area contributed by atoms with E-state index >= 15 is 0 Å². The Bertz CT molecular complexity index is 679. The molecule has 1 aliphatic rings. The molecule has 21 heavy (non-hydrogen) atoms. The lowest BCUT2D eigenvalue weighted by Gasteiger charge is -2.15. The number of nitrogens with zero attached hydrogens (tertiary/aromatic N) is 2. The van der Waals surface area contributed by atoms with E-state index in [-0.39, 0.29) is 5.91 Å². The summed E-state index contributed by atoms with van der Waals surface area (Å²) >= 11 is 1.42. The van der Waals surface area contributed by atoms with Crippen molar-refractivity contribution < 1.29 is 4.79 Å². The van der Waals surface area contributed by atoms with Crippen molar-refractivity contribution >= 4 is 33.1 Å². The number of hydrogen-bond acceptors (Lipinski definition) is 4. The van der Waals surface area contributed by atoms with Crippen LogP contribution in [0, 0.1) is 12.8 Å². The molecule has 1 unspecified atom stereocenters. The largest absolute Gasteiger partial charge is 0.397 e. The number of fused-ring (bicyclic) bond motifs is 1. The minimum Gasteiger partial charge on any atom is -0.397 e. The van der Waals surface area contributed by atoms with Crippen LogP contribution in [0.4, 0.5) is 5.69 Å². The zero-order valence-corrected chi connectivity index (χ0v) is 13.4. The van der Waals surface area contributed by atoms with Gasteiger partial charge in [0.15, 0.2) is 0 Å². The van der Waals surface area contributed by atoms with E-state index in [2.05, 4.69) is 11.9 Å². The predicted octanol–water partition coefficient (Wildman–Crippen LogP) is 3.45. The number of likely N-dealkylation sites (tertiary alicyclic amines) is 1. The maximum atomic E-state index is 12.7. The van der Waals surface area contributed by atoms with Gasteiger partial charge in [-0.05, 0) is 37.8 Å². The van der Waals surface area contributed by atoms with E-state index in [0.717, 1.165) is 35.4 Å². The molecule has 0 aromatic carbocycles. The summed E-state index contributed by atoms with van der Waals surface area (Å²) in [5.74, 6) is 0.724. The molecule has 4 nitrogen and oxygen atoms in total. The zero-order chi connectivity index (χ0) is 15.0. The van der Waals surface area contributed by atoms with Crippen LogP contribution in [-0.2, 0) is 0 Å². The summed E-state index contributed by atoms with van der Waals surface area (Å²) in [5, 5.41) is 0.901. The molecule has 2 N–H and O–H groups in total. The third kappa shape index (κ3) is 2.62. The van der Waals surface area contributed by atoms with E-state index in [4.69, 9.17) is 5.73 Å². The second-order valence-electron chi connectivity index (χ2n) is 5.84. The second kappa shape index (κ2) is 5.64. The highest BCUT2D eigenvalue weighted by Crippen LogP contribution is 2.34. The zero-order valence-electron chi connectivity index (χ0n) is 12.6. The molecule has 1 aliphatic heterocycles. The molecule has 2 aromatic heterocycles. The molecule has 0 saturated carbocycles. The van der Waals surface area contributed by atoms with Crippen molar-refractivity contribution in [1.29, 1.82) is 0 Å². The van der Waals surface area contributed by atoms with Crippen LogP contribution in [0.3, 0.4) is 0 Å². The van der Waals surface area contributed by atoms with Gasteiger partial charge < -0.3 is 10.6 Å². The number of aryl methyl sites for hydroxylation is 1. The molecule has 112 valence electrons. The highest BCUT2D eigenvalue weighted by Gasteiger charge is 2.29. The summed E-state index contributed by atoms with van der Waals surface area (Å²) in [7, 11) is 0. The molecular formula is C16H21N3OS. The van der Waals surface area contributed by atoms with Crippen LogP contribution >= 0.6 is 11.3 Å². The van der Waals surface area contributed by atoms with E-state index < -0.39 is 0 Å². The van der Waals surface area contributed by atoms with Crippen molar-refractivity contribution in [2.45, 2.75) is 33.1 Å². The molecule has 5 heteroatoms. The Morgan fingerprint density at radius 1 is 1.52 bits per heavy atom. The number of carbonyl (C=O) groups is 1. The minimum absolute atomic E-state index is 0.0757. The van der Waals surface area contributed by atoms with Crippen LogP contribution in [0.15, 0.2) is 12.1 Å². The van der Waals surface area contributed by atoms with Crippen molar-refractivity contribution in [3.63, 3.8) is 0 Å². The van der Waals surface area contributed by atoms with Crippen molar-refractivity contribution in [2.75, 3.05) is 18.8 Å². The minimum atomic E-state index is 0.0757. The summed E-state index contributed by atoms with van der Waals surface area (Å²) in [6, 6.07) is 3.90. The number of anilines is 1. The van der Waals surface area contributed by atoms with Crippen LogP contribution in [0.1, 0.15) is 41.6 Å². The van der Waals surface area contributed by atoms with Gasteiger partial charge in [0, 0.05) is 24.2 Å². The molecule has 1 fully saturated rings. The molecule has 0 radical (unpaired) electrons. The number of nitrogen functional groups attached to an aromatic ring is 1. The lowest BCUT2D eigenvalue weighted by atomic mass is 10.0. The first kappa shape index (κ1) is 14.3. The van der Waals surface area contributed by atoms with Crippen molar-refractivity contribution in [2.24, 2.45) is 5.92 Å². The van der Waals surface area contributed by atoms with E-state index in [1.54, 1.807) is 0 Å². The Morgan fingerprint density at radius 3 is 3.10 bits per heavy atom. The fourth-order valence-corrected chi connectivity index (χ4v) is 4.16. The van der Waals surface area contributed by atoms with Crippen LogP contribution in [0.5, 0.6) is 0 Å². The van der Waals surface area contributed by atoms with E-state index in [1.807, 2.05) is 24.0 Å². The molecule has 0 bridgehead atoms. The molecular weight excluding hydrogens is 282 g/mol. The number of pyridine rings is 1. The topological polar surface area (TPSA) is 59.2 Å². The Hall–Kier alpha value is -1.62. The second-order valence-corrected chi connectivity index (χ2v) is 6.84. The van der Waals surface area contributed by atoms with Gasteiger partial charge in [-0.2, -0.15) is 0 Å². The first-order valence-electron chi connectivity index (χ1n) is 7.55. The molecule has 0 aliphatic carbocycles. The Balaban J connectivity index is 1.87. The summed E-state index contributed by atoms with van der Waals surface area (Å²) in [5.41, 5.74) is 7.71. The van der Waals surface area contributed by atoms with Crippen LogP contribution in [-0.4, -0.2) is 28.9 Å². The van der Waals surface area contributed by atoms with Gasteiger partial charge in [0.1, 0.15) is 9.71 Å². The maximum Gasteiger partial charge on any atom is 0.266 e. The standard InChI is InChI=1S/C16H21N3OS/c1-3-4-11-7-8-19(9-11)16(20)14-13(17)12-6-5-10(2)18-15(12)21-14/h5-6,11H,3-4,7-9,17H2,1-2H3. The highest BCUT2D eigenvalue weighted by atomic mass is 32.1. The number of aromatic nitrogens is 1. The summed E-state index contributed by atoms with van der Waals surface area (Å²) in [6.45, 7) is 5.87. The lowest BCUT2D eigenvalue weighted by molar-refractivity contribution is 0.0792.